The van der Waals surface area contributed by atoms with E-state index in [1.165, 1.54) is 4.90 Å². The molecule has 0 saturated heterocycles. The second-order valence-electron chi connectivity index (χ2n) is 10.5. The van der Waals surface area contributed by atoms with Crippen LogP contribution < -0.4 is 9.62 Å². The number of hydrogen-bond acceptors (Lipinski definition) is 4. The number of sulfonamides is 1. The molecule has 1 aliphatic carbocycles. The van der Waals surface area contributed by atoms with E-state index in [0.717, 1.165) is 51.2 Å². The van der Waals surface area contributed by atoms with Gasteiger partial charge in [-0.25, -0.2) is 8.42 Å². The van der Waals surface area contributed by atoms with Gasteiger partial charge >= 0.3 is 0 Å². The molecule has 0 heterocycles. The summed E-state index contributed by atoms with van der Waals surface area (Å²) in [6.07, 6.45) is 4.00. The lowest BCUT2D eigenvalue weighted by Gasteiger charge is -2.32. The summed E-state index contributed by atoms with van der Waals surface area (Å²) in [6, 6.07) is 20.4. The van der Waals surface area contributed by atoms with Crippen LogP contribution in [0.3, 0.4) is 0 Å². The van der Waals surface area contributed by atoms with Gasteiger partial charge in [0.05, 0.1) is 10.6 Å². The van der Waals surface area contributed by atoms with Gasteiger partial charge in [-0.05, 0) is 75.6 Å². The van der Waals surface area contributed by atoms with E-state index in [1.807, 2.05) is 38.1 Å². The van der Waals surface area contributed by atoms with E-state index >= 15 is 0 Å². The first-order valence-electron chi connectivity index (χ1n) is 13.5. The topological polar surface area (TPSA) is 86.8 Å². The molecule has 0 spiro atoms. The highest BCUT2D eigenvalue weighted by molar-refractivity contribution is 9.10. The quantitative estimate of drug-likeness (QED) is 0.311. The number of halogens is 1. The number of carbonyl (C=O) groups excluding carboxylic acids is 2. The summed E-state index contributed by atoms with van der Waals surface area (Å²) in [5.41, 5.74) is 3.22. The van der Waals surface area contributed by atoms with Crippen LogP contribution in [-0.2, 0) is 26.2 Å². The Kier molecular flexibility index (Phi) is 9.68. The Labute approximate surface area is 245 Å². The molecule has 0 radical (unpaired) electrons. The molecule has 4 rings (SSSR count). The zero-order valence-corrected chi connectivity index (χ0v) is 25.5. The maximum atomic E-state index is 14.0. The average Bonchev–Trinajstić information content (AvgIpc) is 3.44. The maximum Gasteiger partial charge on any atom is 0.264 e. The minimum atomic E-state index is -4.09. The van der Waals surface area contributed by atoms with E-state index in [9.17, 15) is 18.0 Å². The average molecular weight is 627 g/mol. The summed E-state index contributed by atoms with van der Waals surface area (Å²) in [7, 11) is -4.09. The first-order chi connectivity index (χ1) is 19.0. The van der Waals surface area contributed by atoms with Crippen molar-refractivity contribution in [1.29, 1.82) is 0 Å². The van der Waals surface area contributed by atoms with Gasteiger partial charge in [0.1, 0.15) is 12.6 Å². The molecule has 40 heavy (non-hydrogen) atoms. The van der Waals surface area contributed by atoms with Crippen molar-refractivity contribution in [3.8, 4) is 0 Å². The van der Waals surface area contributed by atoms with E-state index < -0.39 is 28.5 Å². The van der Waals surface area contributed by atoms with Gasteiger partial charge in [0.25, 0.3) is 10.0 Å². The number of anilines is 1. The molecule has 7 nitrogen and oxygen atoms in total. The fourth-order valence-electron chi connectivity index (χ4n) is 4.84. The Morgan fingerprint density at radius 1 is 0.900 bits per heavy atom. The largest absolute Gasteiger partial charge is 0.352 e. The second-order valence-corrected chi connectivity index (χ2v) is 13.3. The zero-order chi connectivity index (χ0) is 28.9. The smallest absolute Gasteiger partial charge is 0.264 e. The summed E-state index contributed by atoms with van der Waals surface area (Å²) >= 11 is 3.40. The van der Waals surface area contributed by atoms with Crippen LogP contribution in [0, 0.1) is 13.8 Å². The lowest BCUT2D eigenvalue weighted by atomic mass is 10.1. The minimum Gasteiger partial charge on any atom is -0.352 e. The Hall–Kier alpha value is -3.17. The first-order valence-corrected chi connectivity index (χ1v) is 15.8. The highest BCUT2D eigenvalue weighted by atomic mass is 79.9. The highest BCUT2D eigenvalue weighted by Crippen LogP contribution is 2.26. The van der Waals surface area contributed by atoms with Crippen LogP contribution in [0.15, 0.2) is 82.2 Å². The number of nitrogens with zero attached hydrogens (tertiary/aromatic N) is 2. The summed E-state index contributed by atoms with van der Waals surface area (Å²) < 4.78 is 29.7. The van der Waals surface area contributed by atoms with Crippen LogP contribution in [0.5, 0.6) is 0 Å². The van der Waals surface area contributed by atoms with Crippen molar-refractivity contribution < 1.29 is 18.0 Å². The molecule has 3 aromatic carbocycles. The monoisotopic (exact) mass is 625 g/mol. The molecule has 212 valence electrons. The molecule has 1 saturated carbocycles. The molecule has 1 atom stereocenters. The van der Waals surface area contributed by atoms with Gasteiger partial charge in [0, 0.05) is 17.1 Å². The van der Waals surface area contributed by atoms with Gasteiger partial charge in [0.2, 0.25) is 11.8 Å². The maximum absolute atomic E-state index is 14.0. The molecular formula is C31H36BrN3O4S. The van der Waals surface area contributed by atoms with Crippen LogP contribution in [0.25, 0.3) is 0 Å². The first kappa shape index (κ1) is 29.8. The predicted octanol–water partition coefficient (Wildman–Crippen LogP) is 5.74. The van der Waals surface area contributed by atoms with Crippen molar-refractivity contribution in [2.24, 2.45) is 0 Å². The van der Waals surface area contributed by atoms with Crippen molar-refractivity contribution in [3.63, 3.8) is 0 Å². The van der Waals surface area contributed by atoms with E-state index in [4.69, 9.17) is 0 Å². The van der Waals surface area contributed by atoms with Gasteiger partial charge in [-0.15, -0.1) is 0 Å². The van der Waals surface area contributed by atoms with Crippen LogP contribution in [0.1, 0.15) is 49.3 Å². The van der Waals surface area contributed by atoms with E-state index in [0.29, 0.717) is 5.69 Å². The minimum absolute atomic E-state index is 0.0888. The van der Waals surface area contributed by atoms with E-state index in [-0.39, 0.29) is 23.4 Å². The van der Waals surface area contributed by atoms with Gasteiger partial charge in [-0.2, -0.15) is 0 Å². The number of amides is 2. The third kappa shape index (κ3) is 7.31. The molecule has 1 fully saturated rings. The fraction of sp³-hybridized carbons (Fsp3) is 0.355. The molecule has 1 N–H and O–H groups in total. The van der Waals surface area contributed by atoms with Crippen molar-refractivity contribution in [2.45, 2.75) is 70.0 Å². The third-order valence-corrected chi connectivity index (χ3v) is 9.66. The van der Waals surface area contributed by atoms with E-state index in [2.05, 4.69) is 21.2 Å². The summed E-state index contributed by atoms with van der Waals surface area (Å²) in [5.74, 6) is -0.697. The SMILES string of the molecule is Cc1ccc(CN(C(=O)CN(c2ccc(Br)cc2)S(=O)(=O)c2ccc(C)cc2)[C@H](C)C(=O)NC2CCCC2)cc1. The Morgan fingerprint density at radius 2 is 1.45 bits per heavy atom. The predicted molar refractivity (Wildman–Crippen MR) is 161 cm³/mol. The molecule has 2 amide bonds. The van der Waals surface area contributed by atoms with Crippen LogP contribution in [-0.4, -0.2) is 43.8 Å². The number of carbonyl (C=O) groups is 2. The lowest BCUT2D eigenvalue weighted by Crippen LogP contribution is -2.52. The van der Waals surface area contributed by atoms with Crippen molar-refractivity contribution in [2.75, 3.05) is 10.8 Å². The van der Waals surface area contributed by atoms with Gasteiger partial charge in [-0.1, -0.05) is 76.3 Å². The third-order valence-electron chi connectivity index (χ3n) is 7.34. The standard InChI is InChI=1S/C31H36BrN3O4S/c1-22-8-12-25(13-9-22)20-34(24(3)31(37)33-27-6-4-5-7-27)30(36)21-35(28-16-14-26(32)15-17-28)40(38,39)29-18-10-23(2)11-19-29/h8-19,24,27H,4-7,20-21H2,1-3H3,(H,33,37)/t24-/m1/s1. The molecule has 0 aromatic heterocycles. The summed E-state index contributed by atoms with van der Waals surface area (Å²) in [5, 5.41) is 3.09. The van der Waals surface area contributed by atoms with Gasteiger partial charge in [0.15, 0.2) is 0 Å². The number of hydrogen-bond donors (Lipinski definition) is 1. The van der Waals surface area contributed by atoms with Crippen LogP contribution >= 0.6 is 15.9 Å². The van der Waals surface area contributed by atoms with Gasteiger partial charge in [-0.3, -0.25) is 13.9 Å². The molecule has 3 aromatic rings. The number of nitrogens with one attached hydrogen (secondary N) is 1. The normalized spacial score (nSPS) is 14.5. The molecule has 9 heteroatoms. The molecule has 0 bridgehead atoms. The highest BCUT2D eigenvalue weighted by Gasteiger charge is 2.33. The Balaban J connectivity index is 1.67. The second kappa shape index (κ2) is 13.0. The lowest BCUT2D eigenvalue weighted by molar-refractivity contribution is -0.139. The summed E-state index contributed by atoms with van der Waals surface area (Å²) in [4.78, 5) is 28.9. The van der Waals surface area contributed by atoms with Crippen molar-refractivity contribution in [1.82, 2.24) is 10.2 Å². The van der Waals surface area contributed by atoms with Gasteiger partial charge < -0.3 is 10.2 Å². The zero-order valence-electron chi connectivity index (χ0n) is 23.1. The molecule has 1 aliphatic rings. The van der Waals surface area contributed by atoms with E-state index in [1.54, 1.807) is 55.5 Å². The number of rotatable bonds is 10. The number of aryl methyl sites for hydroxylation is 2. The van der Waals surface area contributed by atoms with Crippen LogP contribution in [0.4, 0.5) is 5.69 Å². The fourth-order valence-corrected chi connectivity index (χ4v) is 6.52. The molecular weight excluding hydrogens is 590 g/mol. The Morgan fingerprint density at radius 3 is 2.02 bits per heavy atom. The Bertz CT molecular complexity index is 1420. The van der Waals surface area contributed by atoms with Crippen LogP contribution in [0.2, 0.25) is 0 Å². The van der Waals surface area contributed by atoms with Crippen molar-refractivity contribution >= 4 is 43.5 Å². The summed E-state index contributed by atoms with van der Waals surface area (Å²) in [6.45, 7) is 5.29. The molecule has 0 unspecified atom stereocenters. The number of benzene rings is 3. The molecule has 0 aliphatic heterocycles. The van der Waals surface area contributed by atoms with Crippen molar-refractivity contribution in [3.05, 3.63) is 94.0 Å².